The van der Waals surface area contributed by atoms with E-state index in [1.165, 1.54) is 0 Å². The first-order valence-corrected chi connectivity index (χ1v) is 6.39. The van der Waals surface area contributed by atoms with Crippen LogP contribution in [0, 0.1) is 0 Å². The van der Waals surface area contributed by atoms with Crippen molar-refractivity contribution in [3.8, 4) is 16.9 Å². The third kappa shape index (κ3) is 2.43. The molecule has 0 atom stereocenters. The molecular formula is C17H12O4. The third-order valence-electron chi connectivity index (χ3n) is 3.30. The minimum absolute atomic E-state index is 0.422. The highest BCUT2D eigenvalue weighted by Crippen LogP contribution is 2.24. The van der Waals surface area contributed by atoms with Crippen LogP contribution in [0.4, 0.5) is 0 Å². The number of ether oxygens (including phenoxy) is 1. The second kappa shape index (κ2) is 5.25. The van der Waals surface area contributed by atoms with Crippen molar-refractivity contribution in [1.82, 2.24) is 0 Å². The summed E-state index contributed by atoms with van der Waals surface area (Å²) in [5.41, 5.74) is 1.80. The Bertz CT molecular complexity index is 860. The third-order valence-corrected chi connectivity index (χ3v) is 3.30. The maximum absolute atomic E-state index is 12.1. The fraction of sp³-hybridized carbons (Fsp3) is 0.0588. The molecule has 104 valence electrons. The lowest BCUT2D eigenvalue weighted by atomic mass is 10.0. The van der Waals surface area contributed by atoms with Crippen molar-refractivity contribution in [1.29, 1.82) is 0 Å². The van der Waals surface area contributed by atoms with Gasteiger partial charge < -0.3 is 9.15 Å². The Kier molecular flexibility index (Phi) is 3.28. The Hall–Kier alpha value is -2.88. The van der Waals surface area contributed by atoms with Gasteiger partial charge in [0.2, 0.25) is 0 Å². The number of benzene rings is 2. The summed E-state index contributed by atoms with van der Waals surface area (Å²) in [5.74, 6) is 0.633. The summed E-state index contributed by atoms with van der Waals surface area (Å²) in [6, 6.07) is 13.9. The van der Waals surface area contributed by atoms with E-state index in [4.69, 9.17) is 9.15 Å². The molecule has 4 heteroatoms. The Morgan fingerprint density at radius 2 is 1.81 bits per heavy atom. The van der Waals surface area contributed by atoms with Crippen molar-refractivity contribution in [2.45, 2.75) is 0 Å². The molecule has 3 rings (SSSR count). The molecule has 2 aromatic carbocycles. The molecule has 0 spiro atoms. The van der Waals surface area contributed by atoms with Crippen molar-refractivity contribution in [3.63, 3.8) is 0 Å². The van der Waals surface area contributed by atoms with Crippen molar-refractivity contribution >= 4 is 17.3 Å². The molecule has 0 N–H and O–H groups in total. The molecule has 1 heterocycles. The molecule has 0 unspecified atom stereocenters. The summed E-state index contributed by atoms with van der Waals surface area (Å²) in [5, 5.41) is 0.810. The number of carbonyl (C=O) groups is 1. The molecule has 0 radical (unpaired) electrons. The maximum atomic E-state index is 12.1. The van der Waals surface area contributed by atoms with E-state index in [1.54, 1.807) is 43.5 Å². The van der Waals surface area contributed by atoms with E-state index >= 15 is 0 Å². The fourth-order valence-corrected chi connectivity index (χ4v) is 2.16. The monoisotopic (exact) mass is 280 g/mol. The van der Waals surface area contributed by atoms with E-state index in [-0.39, 0.29) is 0 Å². The molecule has 0 bridgehead atoms. The minimum atomic E-state index is -0.422. The van der Waals surface area contributed by atoms with Crippen LogP contribution in [0.3, 0.4) is 0 Å². The lowest BCUT2D eigenvalue weighted by molar-refractivity contribution is 0.112. The number of carbonyl (C=O) groups excluding carboxylic acids is 1. The molecule has 1 aromatic heterocycles. The second-order valence-electron chi connectivity index (χ2n) is 4.59. The first kappa shape index (κ1) is 13.1. The van der Waals surface area contributed by atoms with Gasteiger partial charge in [-0.2, -0.15) is 0 Å². The molecule has 0 saturated heterocycles. The van der Waals surface area contributed by atoms with Gasteiger partial charge in [0.15, 0.2) is 0 Å². The lowest BCUT2D eigenvalue weighted by Crippen LogP contribution is -2.02. The maximum Gasteiger partial charge on any atom is 0.344 e. The van der Waals surface area contributed by atoms with Crippen LogP contribution < -0.4 is 10.4 Å². The summed E-state index contributed by atoms with van der Waals surface area (Å²) < 4.78 is 10.4. The van der Waals surface area contributed by atoms with Crippen LogP contribution >= 0.6 is 0 Å². The van der Waals surface area contributed by atoms with E-state index in [0.29, 0.717) is 28.0 Å². The molecule has 4 nitrogen and oxygen atoms in total. The minimum Gasteiger partial charge on any atom is -0.497 e. The fourth-order valence-electron chi connectivity index (χ4n) is 2.16. The molecular weight excluding hydrogens is 268 g/mol. The Morgan fingerprint density at radius 1 is 1.05 bits per heavy atom. The van der Waals surface area contributed by atoms with Crippen molar-refractivity contribution in [3.05, 3.63) is 64.5 Å². The predicted molar refractivity (Wildman–Crippen MR) is 79.9 cm³/mol. The van der Waals surface area contributed by atoms with Crippen molar-refractivity contribution in [2.75, 3.05) is 7.11 Å². The summed E-state index contributed by atoms with van der Waals surface area (Å²) in [6.07, 6.45) is 0.763. The van der Waals surface area contributed by atoms with Gasteiger partial charge in [0.05, 0.1) is 12.7 Å². The molecule has 0 aliphatic carbocycles. The average Bonchev–Trinajstić information content (AvgIpc) is 2.53. The predicted octanol–water partition coefficient (Wildman–Crippen LogP) is 3.28. The van der Waals surface area contributed by atoms with Gasteiger partial charge in [-0.15, -0.1) is 0 Å². The number of hydrogen-bond donors (Lipinski definition) is 0. The number of rotatable bonds is 3. The SMILES string of the molecule is COc1ccc2cc(-c3ccc(C=O)cc3)c(=O)oc2c1. The van der Waals surface area contributed by atoms with Crippen LogP contribution in [-0.2, 0) is 0 Å². The first-order chi connectivity index (χ1) is 10.2. The van der Waals surface area contributed by atoms with Crippen molar-refractivity contribution in [2.24, 2.45) is 0 Å². The Labute approximate surface area is 120 Å². The molecule has 0 aliphatic rings. The van der Waals surface area contributed by atoms with E-state index in [0.717, 1.165) is 11.7 Å². The van der Waals surface area contributed by atoms with Gasteiger partial charge in [-0.05, 0) is 23.8 Å². The van der Waals surface area contributed by atoms with Gasteiger partial charge in [-0.1, -0.05) is 24.3 Å². The van der Waals surface area contributed by atoms with Crippen LogP contribution in [0.25, 0.3) is 22.1 Å². The number of fused-ring (bicyclic) bond motifs is 1. The molecule has 0 aliphatic heterocycles. The van der Waals surface area contributed by atoms with E-state index < -0.39 is 5.63 Å². The van der Waals surface area contributed by atoms with Gasteiger partial charge in [0, 0.05) is 17.0 Å². The number of methoxy groups -OCH3 is 1. The summed E-state index contributed by atoms with van der Waals surface area (Å²) in [7, 11) is 1.56. The highest BCUT2D eigenvalue weighted by molar-refractivity contribution is 5.83. The van der Waals surface area contributed by atoms with Crippen LogP contribution in [0.1, 0.15) is 10.4 Å². The smallest absolute Gasteiger partial charge is 0.344 e. The van der Waals surface area contributed by atoms with Crippen molar-refractivity contribution < 1.29 is 13.9 Å². The van der Waals surface area contributed by atoms with Gasteiger partial charge in [-0.25, -0.2) is 4.79 Å². The Morgan fingerprint density at radius 3 is 2.48 bits per heavy atom. The van der Waals surface area contributed by atoms with Crippen LogP contribution in [0.15, 0.2) is 57.7 Å². The second-order valence-corrected chi connectivity index (χ2v) is 4.59. The zero-order chi connectivity index (χ0) is 14.8. The molecule has 21 heavy (non-hydrogen) atoms. The standard InChI is InChI=1S/C17H12O4/c1-20-14-7-6-13-8-15(17(19)21-16(13)9-14)12-4-2-11(10-18)3-5-12/h2-10H,1H3. The largest absolute Gasteiger partial charge is 0.497 e. The topological polar surface area (TPSA) is 56.5 Å². The van der Waals surface area contributed by atoms with E-state index in [9.17, 15) is 9.59 Å². The van der Waals surface area contributed by atoms with Crippen LogP contribution in [-0.4, -0.2) is 13.4 Å². The summed E-state index contributed by atoms with van der Waals surface area (Å²) in [4.78, 5) is 22.8. The summed E-state index contributed by atoms with van der Waals surface area (Å²) >= 11 is 0. The Balaban J connectivity index is 2.16. The highest BCUT2D eigenvalue weighted by Gasteiger charge is 2.08. The quantitative estimate of drug-likeness (QED) is 0.545. The van der Waals surface area contributed by atoms with E-state index in [1.807, 2.05) is 12.1 Å². The van der Waals surface area contributed by atoms with Gasteiger partial charge in [-0.3, -0.25) is 4.79 Å². The van der Waals surface area contributed by atoms with Crippen LogP contribution in [0.2, 0.25) is 0 Å². The number of hydrogen-bond acceptors (Lipinski definition) is 4. The van der Waals surface area contributed by atoms with Gasteiger partial charge in [0.25, 0.3) is 0 Å². The number of aldehydes is 1. The lowest BCUT2D eigenvalue weighted by Gasteiger charge is -2.04. The zero-order valence-electron chi connectivity index (χ0n) is 11.3. The molecule has 0 saturated carbocycles. The van der Waals surface area contributed by atoms with Gasteiger partial charge in [0.1, 0.15) is 17.6 Å². The molecule has 3 aromatic rings. The summed E-state index contributed by atoms with van der Waals surface area (Å²) in [6.45, 7) is 0. The van der Waals surface area contributed by atoms with E-state index in [2.05, 4.69) is 0 Å². The van der Waals surface area contributed by atoms with Gasteiger partial charge >= 0.3 is 5.63 Å². The zero-order valence-corrected chi connectivity index (χ0v) is 11.3. The first-order valence-electron chi connectivity index (χ1n) is 6.39. The highest BCUT2D eigenvalue weighted by atomic mass is 16.5. The van der Waals surface area contributed by atoms with Crippen LogP contribution in [0.5, 0.6) is 5.75 Å². The molecule has 0 amide bonds. The average molecular weight is 280 g/mol. The normalized spacial score (nSPS) is 10.5. The molecule has 0 fully saturated rings.